The molecule has 0 heterocycles. The summed E-state index contributed by atoms with van der Waals surface area (Å²) in [4.78, 5) is 14.3. The van der Waals surface area contributed by atoms with Crippen LogP contribution in [0.2, 0.25) is 0 Å². The number of nitrogens with zero attached hydrogens (tertiary/aromatic N) is 1. The van der Waals surface area contributed by atoms with Gasteiger partial charge in [0.2, 0.25) is 0 Å². The molecule has 2 amide bonds. The van der Waals surface area contributed by atoms with Crippen molar-refractivity contribution in [3.63, 3.8) is 0 Å². The lowest BCUT2D eigenvalue weighted by Gasteiger charge is -2.25. The summed E-state index contributed by atoms with van der Waals surface area (Å²) in [5.41, 5.74) is 2.12. The number of aliphatic hydroxyl groups excluding tert-OH is 1. The van der Waals surface area contributed by atoms with Crippen molar-refractivity contribution in [2.45, 2.75) is 18.5 Å². The number of nitrogens with one attached hydrogen (secondary N) is 2. The lowest BCUT2D eigenvalue weighted by Crippen LogP contribution is -2.46. The van der Waals surface area contributed by atoms with E-state index in [2.05, 4.69) is 27.7 Å². The van der Waals surface area contributed by atoms with E-state index in [4.69, 9.17) is 0 Å². The van der Waals surface area contributed by atoms with Crippen LogP contribution in [0.3, 0.4) is 0 Å². The minimum absolute atomic E-state index is 0.140. The molecule has 0 saturated heterocycles. The predicted octanol–water partition coefficient (Wildman–Crippen LogP) is 2.19. The molecular formula is C20H27N3O2. The van der Waals surface area contributed by atoms with Crippen molar-refractivity contribution in [3.05, 3.63) is 71.8 Å². The molecule has 0 aliphatic rings. The molecule has 0 radical (unpaired) electrons. The summed E-state index contributed by atoms with van der Waals surface area (Å²) < 4.78 is 0. The molecule has 0 aliphatic heterocycles. The zero-order valence-electron chi connectivity index (χ0n) is 14.9. The number of urea groups is 1. The van der Waals surface area contributed by atoms with Crippen molar-refractivity contribution in [1.29, 1.82) is 0 Å². The molecule has 2 aromatic carbocycles. The van der Waals surface area contributed by atoms with E-state index < -0.39 is 6.04 Å². The zero-order valence-corrected chi connectivity index (χ0v) is 14.9. The summed E-state index contributed by atoms with van der Waals surface area (Å²) in [5, 5.41) is 15.3. The van der Waals surface area contributed by atoms with Crippen LogP contribution in [0, 0.1) is 0 Å². The second kappa shape index (κ2) is 9.81. The first-order valence-corrected chi connectivity index (χ1v) is 8.50. The Morgan fingerprint density at radius 3 is 2.20 bits per heavy atom. The first-order valence-electron chi connectivity index (χ1n) is 8.50. The molecule has 5 nitrogen and oxygen atoms in total. The van der Waals surface area contributed by atoms with Crippen molar-refractivity contribution in [1.82, 2.24) is 15.5 Å². The number of hydrogen-bond donors (Lipinski definition) is 3. The fourth-order valence-electron chi connectivity index (χ4n) is 2.66. The number of amides is 2. The quantitative estimate of drug-likeness (QED) is 0.690. The molecule has 0 fully saturated rings. The zero-order chi connectivity index (χ0) is 18.1. The number of rotatable bonds is 8. The molecule has 0 spiro atoms. The molecule has 0 saturated carbocycles. The van der Waals surface area contributed by atoms with Crippen LogP contribution in [0.15, 0.2) is 60.7 Å². The number of aliphatic hydroxyl groups is 1. The van der Waals surface area contributed by atoms with E-state index in [0.717, 1.165) is 12.0 Å². The van der Waals surface area contributed by atoms with Gasteiger partial charge in [0, 0.05) is 12.6 Å². The van der Waals surface area contributed by atoms with Gasteiger partial charge < -0.3 is 20.6 Å². The van der Waals surface area contributed by atoms with Crippen molar-refractivity contribution in [2.24, 2.45) is 0 Å². The predicted molar refractivity (Wildman–Crippen MR) is 100 cm³/mol. The SMILES string of the molecule is CN(C)C(CNC(=O)NC(CO)c1ccccc1)Cc1ccccc1. The minimum Gasteiger partial charge on any atom is -0.394 e. The van der Waals surface area contributed by atoms with Gasteiger partial charge in [0.05, 0.1) is 12.6 Å². The second-order valence-electron chi connectivity index (χ2n) is 6.31. The molecule has 2 atom stereocenters. The smallest absolute Gasteiger partial charge is 0.315 e. The average molecular weight is 341 g/mol. The van der Waals surface area contributed by atoms with Gasteiger partial charge in [-0.3, -0.25) is 0 Å². The summed E-state index contributed by atoms with van der Waals surface area (Å²) in [7, 11) is 4.02. The molecule has 0 bridgehead atoms. The summed E-state index contributed by atoms with van der Waals surface area (Å²) in [6, 6.07) is 19.2. The molecule has 5 heteroatoms. The largest absolute Gasteiger partial charge is 0.394 e. The maximum Gasteiger partial charge on any atom is 0.315 e. The number of likely N-dealkylation sites (N-methyl/N-ethyl adjacent to an activating group) is 1. The molecule has 25 heavy (non-hydrogen) atoms. The van der Waals surface area contributed by atoms with Crippen LogP contribution in [0.1, 0.15) is 17.2 Å². The molecule has 3 N–H and O–H groups in total. The topological polar surface area (TPSA) is 64.6 Å². The van der Waals surface area contributed by atoms with Crippen LogP contribution in [-0.4, -0.2) is 49.3 Å². The van der Waals surface area contributed by atoms with Gasteiger partial charge in [0.15, 0.2) is 0 Å². The Hall–Kier alpha value is -2.37. The van der Waals surface area contributed by atoms with Crippen LogP contribution in [0.25, 0.3) is 0 Å². The maximum absolute atomic E-state index is 12.2. The van der Waals surface area contributed by atoms with E-state index >= 15 is 0 Å². The average Bonchev–Trinajstić information content (AvgIpc) is 2.64. The molecule has 0 aromatic heterocycles. The van der Waals surface area contributed by atoms with Gasteiger partial charge in [0.25, 0.3) is 0 Å². The lowest BCUT2D eigenvalue weighted by molar-refractivity contribution is 0.212. The third-order valence-electron chi connectivity index (χ3n) is 4.23. The van der Waals surface area contributed by atoms with Crippen LogP contribution in [-0.2, 0) is 6.42 Å². The standard InChI is InChI=1S/C20H27N3O2/c1-23(2)18(13-16-9-5-3-6-10-16)14-21-20(25)22-19(15-24)17-11-7-4-8-12-17/h3-12,18-19,24H,13-15H2,1-2H3,(H2,21,22,25). The van der Waals surface area contributed by atoms with Gasteiger partial charge in [-0.2, -0.15) is 0 Å². The third kappa shape index (κ3) is 6.21. The number of carbonyl (C=O) groups is 1. The Kier molecular flexibility index (Phi) is 7.44. The van der Waals surface area contributed by atoms with Crippen molar-refractivity contribution >= 4 is 6.03 Å². The molecular weight excluding hydrogens is 314 g/mol. The second-order valence-corrected chi connectivity index (χ2v) is 6.31. The summed E-state index contributed by atoms with van der Waals surface area (Å²) in [6.45, 7) is 0.388. The third-order valence-corrected chi connectivity index (χ3v) is 4.23. The molecule has 2 rings (SSSR count). The van der Waals surface area contributed by atoms with Gasteiger partial charge in [-0.1, -0.05) is 60.7 Å². The van der Waals surface area contributed by atoms with Crippen LogP contribution >= 0.6 is 0 Å². The van der Waals surface area contributed by atoms with E-state index in [1.54, 1.807) is 0 Å². The first kappa shape index (κ1) is 19.0. The minimum atomic E-state index is -0.409. The van der Waals surface area contributed by atoms with Gasteiger partial charge in [-0.05, 0) is 31.6 Å². The Balaban J connectivity index is 1.88. The van der Waals surface area contributed by atoms with Crippen molar-refractivity contribution < 1.29 is 9.90 Å². The van der Waals surface area contributed by atoms with Crippen molar-refractivity contribution in [2.75, 3.05) is 27.2 Å². The normalized spacial score (nSPS) is 13.3. The van der Waals surface area contributed by atoms with E-state index in [1.165, 1.54) is 5.56 Å². The number of benzene rings is 2. The Bertz CT molecular complexity index is 632. The van der Waals surface area contributed by atoms with Crippen molar-refractivity contribution in [3.8, 4) is 0 Å². The van der Waals surface area contributed by atoms with Gasteiger partial charge >= 0.3 is 6.03 Å². The van der Waals surface area contributed by atoms with E-state index in [0.29, 0.717) is 6.54 Å². The van der Waals surface area contributed by atoms with Gasteiger partial charge in [-0.25, -0.2) is 4.79 Å². The van der Waals surface area contributed by atoms with Gasteiger partial charge in [-0.15, -0.1) is 0 Å². The Morgan fingerprint density at radius 1 is 1.04 bits per heavy atom. The number of carbonyl (C=O) groups excluding carboxylic acids is 1. The van der Waals surface area contributed by atoms with Gasteiger partial charge in [0.1, 0.15) is 0 Å². The number of hydrogen-bond acceptors (Lipinski definition) is 3. The summed E-state index contributed by atoms with van der Waals surface area (Å²) in [6.07, 6.45) is 0.857. The van der Waals surface area contributed by atoms with Crippen LogP contribution in [0.4, 0.5) is 4.79 Å². The Labute approximate surface area is 149 Å². The van der Waals surface area contributed by atoms with E-state index in [-0.39, 0.29) is 18.7 Å². The highest BCUT2D eigenvalue weighted by Gasteiger charge is 2.16. The molecule has 134 valence electrons. The van der Waals surface area contributed by atoms with Crippen LogP contribution < -0.4 is 10.6 Å². The highest BCUT2D eigenvalue weighted by atomic mass is 16.3. The van der Waals surface area contributed by atoms with Crippen LogP contribution in [0.5, 0.6) is 0 Å². The first-order chi connectivity index (χ1) is 12.1. The lowest BCUT2D eigenvalue weighted by atomic mass is 10.1. The Morgan fingerprint density at radius 2 is 1.64 bits per heavy atom. The fraction of sp³-hybridized carbons (Fsp3) is 0.350. The molecule has 2 aromatic rings. The summed E-state index contributed by atoms with van der Waals surface area (Å²) in [5.74, 6) is 0. The fourth-order valence-corrected chi connectivity index (χ4v) is 2.66. The van der Waals surface area contributed by atoms with E-state index in [1.807, 2.05) is 62.6 Å². The summed E-state index contributed by atoms with van der Waals surface area (Å²) >= 11 is 0. The highest BCUT2D eigenvalue weighted by Crippen LogP contribution is 2.11. The maximum atomic E-state index is 12.2. The molecule has 0 aliphatic carbocycles. The van der Waals surface area contributed by atoms with E-state index in [9.17, 15) is 9.90 Å². The molecule has 2 unspecified atom stereocenters. The highest BCUT2D eigenvalue weighted by molar-refractivity contribution is 5.74. The monoisotopic (exact) mass is 341 g/mol.